The highest BCUT2D eigenvalue weighted by Gasteiger charge is 1.94. The standard InChI is InChI=1S/C4H8O.C3H4O2/c1-2-4-5-3-1;1-2-3(4)5/h1-4H2;2H,1H2,(H,4,5). The second-order valence-corrected chi connectivity index (χ2v) is 1.86. The van der Waals surface area contributed by atoms with Gasteiger partial charge in [0.1, 0.15) is 0 Å². The SMILES string of the molecule is C1CCOC1.C=CC(=O)O. The van der Waals surface area contributed by atoms with E-state index < -0.39 is 5.97 Å². The number of rotatable bonds is 1. The number of carboxylic acid groups (broad SMARTS) is 1. The highest BCUT2D eigenvalue weighted by molar-refractivity contribution is 5.78. The Hall–Kier alpha value is -0.830. The third-order valence-electron chi connectivity index (χ3n) is 1.00. The van der Waals surface area contributed by atoms with Gasteiger partial charge >= 0.3 is 5.97 Å². The zero-order valence-corrected chi connectivity index (χ0v) is 5.88. The van der Waals surface area contributed by atoms with E-state index in [-0.39, 0.29) is 0 Å². The van der Waals surface area contributed by atoms with E-state index in [1.807, 2.05) is 0 Å². The molecule has 0 bridgehead atoms. The quantitative estimate of drug-likeness (QED) is 0.559. The summed E-state index contributed by atoms with van der Waals surface area (Å²) in [7, 11) is 0. The lowest BCUT2D eigenvalue weighted by Crippen LogP contribution is -1.82. The van der Waals surface area contributed by atoms with Gasteiger partial charge < -0.3 is 9.84 Å². The molecule has 0 saturated carbocycles. The Kier molecular flexibility index (Phi) is 5.77. The van der Waals surface area contributed by atoms with E-state index in [0.717, 1.165) is 19.3 Å². The molecule has 1 N–H and O–H groups in total. The summed E-state index contributed by atoms with van der Waals surface area (Å²) >= 11 is 0. The van der Waals surface area contributed by atoms with Crippen molar-refractivity contribution in [2.75, 3.05) is 13.2 Å². The normalized spacial score (nSPS) is 15.2. The Morgan fingerprint density at radius 1 is 1.50 bits per heavy atom. The first-order valence-corrected chi connectivity index (χ1v) is 3.20. The Morgan fingerprint density at radius 3 is 2.00 bits per heavy atom. The second kappa shape index (κ2) is 6.29. The molecule has 1 heterocycles. The van der Waals surface area contributed by atoms with Gasteiger partial charge in [-0.1, -0.05) is 6.58 Å². The first-order chi connectivity index (χ1) is 4.77. The Balaban J connectivity index is 0.000000162. The molecule has 1 fully saturated rings. The molecule has 0 atom stereocenters. The Morgan fingerprint density at radius 2 is 1.90 bits per heavy atom. The summed E-state index contributed by atoms with van der Waals surface area (Å²) in [5.74, 6) is -0.981. The molecule has 1 rings (SSSR count). The van der Waals surface area contributed by atoms with Gasteiger partial charge in [-0.25, -0.2) is 4.79 Å². The molecule has 1 saturated heterocycles. The van der Waals surface area contributed by atoms with E-state index in [4.69, 9.17) is 9.84 Å². The highest BCUT2D eigenvalue weighted by atomic mass is 16.5. The zero-order chi connectivity index (χ0) is 7.82. The van der Waals surface area contributed by atoms with Crippen molar-refractivity contribution in [3.8, 4) is 0 Å². The van der Waals surface area contributed by atoms with E-state index in [1.165, 1.54) is 12.8 Å². The van der Waals surface area contributed by atoms with Crippen molar-refractivity contribution in [2.45, 2.75) is 12.8 Å². The van der Waals surface area contributed by atoms with Gasteiger partial charge in [0.25, 0.3) is 0 Å². The van der Waals surface area contributed by atoms with Gasteiger partial charge in [0.05, 0.1) is 0 Å². The number of ether oxygens (including phenoxy) is 1. The molecule has 1 aliphatic heterocycles. The molecule has 0 aromatic heterocycles. The first kappa shape index (κ1) is 9.17. The molecule has 0 aromatic rings. The Bertz CT molecular complexity index is 97.8. The second-order valence-electron chi connectivity index (χ2n) is 1.86. The summed E-state index contributed by atoms with van der Waals surface area (Å²) in [5.41, 5.74) is 0. The van der Waals surface area contributed by atoms with Crippen molar-refractivity contribution in [3.63, 3.8) is 0 Å². The fourth-order valence-corrected chi connectivity index (χ4v) is 0.510. The van der Waals surface area contributed by atoms with Crippen LogP contribution in [-0.2, 0) is 9.53 Å². The molecular weight excluding hydrogens is 132 g/mol. The molecule has 0 radical (unpaired) electrons. The summed E-state index contributed by atoms with van der Waals surface area (Å²) < 4.78 is 4.94. The molecule has 3 nitrogen and oxygen atoms in total. The average Bonchev–Trinajstić information content (AvgIpc) is 2.43. The molecule has 3 heteroatoms. The number of carboxylic acids is 1. The van der Waals surface area contributed by atoms with Crippen molar-refractivity contribution in [1.29, 1.82) is 0 Å². The van der Waals surface area contributed by atoms with E-state index in [0.29, 0.717) is 0 Å². The lowest BCUT2D eigenvalue weighted by molar-refractivity contribution is -0.131. The average molecular weight is 144 g/mol. The minimum Gasteiger partial charge on any atom is -0.478 e. The topological polar surface area (TPSA) is 46.5 Å². The molecule has 0 aliphatic carbocycles. The van der Waals surface area contributed by atoms with Gasteiger partial charge in [-0.15, -0.1) is 0 Å². The van der Waals surface area contributed by atoms with Gasteiger partial charge in [0.15, 0.2) is 0 Å². The summed E-state index contributed by atoms with van der Waals surface area (Å²) in [6.45, 7) is 4.96. The predicted molar refractivity (Wildman–Crippen MR) is 37.9 cm³/mol. The third kappa shape index (κ3) is 7.17. The van der Waals surface area contributed by atoms with Crippen LogP contribution < -0.4 is 0 Å². The summed E-state index contributed by atoms with van der Waals surface area (Å²) in [6, 6.07) is 0. The minimum atomic E-state index is -0.981. The van der Waals surface area contributed by atoms with Crippen LogP contribution in [0.25, 0.3) is 0 Å². The third-order valence-corrected chi connectivity index (χ3v) is 1.00. The number of carbonyl (C=O) groups is 1. The first-order valence-electron chi connectivity index (χ1n) is 3.20. The molecule has 0 spiro atoms. The fraction of sp³-hybridized carbons (Fsp3) is 0.571. The van der Waals surface area contributed by atoms with Crippen LogP contribution in [0, 0.1) is 0 Å². The van der Waals surface area contributed by atoms with Gasteiger partial charge in [-0.05, 0) is 12.8 Å². The Labute approximate surface area is 60.3 Å². The maximum atomic E-state index is 9.25. The summed E-state index contributed by atoms with van der Waals surface area (Å²) in [5, 5.41) is 7.60. The molecular formula is C7H12O3. The lowest BCUT2D eigenvalue weighted by atomic mass is 10.4. The maximum absolute atomic E-state index is 9.25. The summed E-state index contributed by atoms with van der Waals surface area (Å²) in [4.78, 5) is 9.25. The number of aliphatic carboxylic acids is 1. The fourth-order valence-electron chi connectivity index (χ4n) is 0.510. The summed E-state index contributed by atoms with van der Waals surface area (Å²) in [6.07, 6.45) is 3.39. The van der Waals surface area contributed by atoms with Gasteiger partial charge in [-0.3, -0.25) is 0 Å². The van der Waals surface area contributed by atoms with Crippen LogP contribution in [0.4, 0.5) is 0 Å². The molecule has 10 heavy (non-hydrogen) atoms. The molecule has 0 unspecified atom stereocenters. The highest BCUT2D eigenvalue weighted by Crippen LogP contribution is 1.98. The van der Waals surface area contributed by atoms with Crippen molar-refractivity contribution >= 4 is 5.97 Å². The molecule has 1 aliphatic rings. The molecule has 58 valence electrons. The van der Waals surface area contributed by atoms with Crippen LogP contribution in [0.5, 0.6) is 0 Å². The van der Waals surface area contributed by atoms with Crippen LogP contribution in [0.15, 0.2) is 12.7 Å². The van der Waals surface area contributed by atoms with E-state index in [9.17, 15) is 4.79 Å². The smallest absolute Gasteiger partial charge is 0.327 e. The van der Waals surface area contributed by atoms with Gasteiger partial charge in [-0.2, -0.15) is 0 Å². The van der Waals surface area contributed by atoms with Crippen LogP contribution >= 0.6 is 0 Å². The van der Waals surface area contributed by atoms with Crippen molar-refractivity contribution in [3.05, 3.63) is 12.7 Å². The monoisotopic (exact) mass is 144 g/mol. The van der Waals surface area contributed by atoms with E-state index in [2.05, 4.69) is 6.58 Å². The van der Waals surface area contributed by atoms with Crippen LogP contribution in [0.1, 0.15) is 12.8 Å². The maximum Gasteiger partial charge on any atom is 0.327 e. The van der Waals surface area contributed by atoms with Crippen molar-refractivity contribution in [1.82, 2.24) is 0 Å². The van der Waals surface area contributed by atoms with Crippen LogP contribution in [-0.4, -0.2) is 24.3 Å². The van der Waals surface area contributed by atoms with Gasteiger partial charge in [0, 0.05) is 19.3 Å². The van der Waals surface area contributed by atoms with Crippen molar-refractivity contribution in [2.24, 2.45) is 0 Å². The predicted octanol–water partition coefficient (Wildman–Crippen LogP) is 1.05. The number of hydrogen-bond donors (Lipinski definition) is 1. The lowest BCUT2D eigenvalue weighted by Gasteiger charge is -1.76. The largest absolute Gasteiger partial charge is 0.478 e. The molecule has 0 aromatic carbocycles. The molecule has 0 amide bonds. The number of hydrogen-bond acceptors (Lipinski definition) is 2. The zero-order valence-electron chi connectivity index (χ0n) is 5.88. The van der Waals surface area contributed by atoms with Crippen LogP contribution in [0.2, 0.25) is 0 Å². The minimum absolute atomic E-state index is 0.833. The van der Waals surface area contributed by atoms with Crippen LogP contribution in [0.3, 0.4) is 0 Å². The van der Waals surface area contributed by atoms with Gasteiger partial charge in [0.2, 0.25) is 0 Å². The van der Waals surface area contributed by atoms with Crippen molar-refractivity contribution < 1.29 is 14.6 Å². The van der Waals surface area contributed by atoms with E-state index >= 15 is 0 Å². The van der Waals surface area contributed by atoms with E-state index in [1.54, 1.807) is 0 Å².